The van der Waals surface area contributed by atoms with Gasteiger partial charge in [0.1, 0.15) is 0 Å². The van der Waals surface area contributed by atoms with E-state index in [0.29, 0.717) is 11.4 Å². The van der Waals surface area contributed by atoms with E-state index in [2.05, 4.69) is 5.32 Å². The van der Waals surface area contributed by atoms with Crippen LogP contribution in [-0.4, -0.2) is 123 Å². The van der Waals surface area contributed by atoms with Crippen molar-refractivity contribution in [3.05, 3.63) is 53.7 Å². The first kappa shape index (κ1) is 31.5. The Bertz CT molecular complexity index is 1450. The van der Waals surface area contributed by atoms with Gasteiger partial charge in [-0.1, -0.05) is 18.2 Å². The summed E-state index contributed by atoms with van der Waals surface area (Å²) < 4.78 is 51.4. The Kier molecular flexibility index (Phi) is 9.04. The molecule has 3 unspecified atom stereocenters. The fraction of sp³-hybridized carbons (Fsp3) is 0.560. The molecule has 43 heavy (non-hydrogen) atoms. The number of rotatable bonds is 13. The predicted octanol–water partition coefficient (Wildman–Crippen LogP) is 0.183. The first-order valence-electron chi connectivity index (χ1n) is 13.9. The van der Waals surface area contributed by atoms with E-state index in [0.717, 1.165) is 17.1 Å². The van der Waals surface area contributed by atoms with Crippen molar-refractivity contribution in [1.82, 2.24) is 4.57 Å². The molecule has 2 aromatic rings. The summed E-state index contributed by atoms with van der Waals surface area (Å²) in [6.45, 7) is 2.57. The minimum absolute atomic E-state index is 0.188. The number of nitrogens with zero attached hydrogens (tertiary/aromatic N) is 1. The first-order valence-corrected chi connectivity index (χ1v) is 17.0. The SMILES string of the molecule is CO[C@H]1C(O)[C@@H](COP(=O)(OC2[C@@H](CO)OC3(B=B3)[C@H]2OC)SCc2ccc(NC(=O)c3ccccc3)n2C)OC12B=B2. The standard InChI is InChI=1S/C25H31B4N2O10PS/c1-31-15(9-10-18(31)30-23(34)14-7-5-4-6-8-14)13-43-42(35,38-12-17-19(33)21(36-2)24(40-17)26-27-24)41-20-16(11-32)39-25(28-29-25)22(20)37-3/h4-10,16-17,19-22,32-33H,11-13H2,1-3H3,(H,30,34)/t16-,17-,19?,20?,21+,22+,42?/m1/s1. The van der Waals surface area contributed by atoms with E-state index < -0.39 is 54.2 Å². The number of carbonyl (C=O) groups is 1. The van der Waals surface area contributed by atoms with Crippen LogP contribution in [0, 0.1) is 0 Å². The normalized spacial score (nSPS) is 29.9. The number of aliphatic hydroxyl groups is 2. The van der Waals surface area contributed by atoms with Gasteiger partial charge < -0.3 is 0 Å². The number of ether oxygens (including phenoxy) is 4. The van der Waals surface area contributed by atoms with Crippen molar-refractivity contribution in [2.75, 3.05) is 32.8 Å². The van der Waals surface area contributed by atoms with Gasteiger partial charge in [0.2, 0.25) is 0 Å². The zero-order valence-corrected chi connectivity index (χ0v) is 25.6. The van der Waals surface area contributed by atoms with E-state index in [1.807, 2.05) is 12.1 Å². The van der Waals surface area contributed by atoms with E-state index >= 15 is 0 Å². The van der Waals surface area contributed by atoms with Crippen molar-refractivity contribution in [3.8, 4) is 0 Å². The molecular weight excluding hydrogens is 595 g/mol. The topological polar surface area (TPSA) is 147 Å². The third kappa shape index (κ3) is 6.18. The number of anilines is 1. The molecule has 1 aromatic heterocycles. The van der Waals surface area contributed by atoms with E-state index in [1.54, 1.807) is 69.2 Å². The van der Waals surface area contributed by atoms with E-state index in [9.17, 15) is 19.6 Å². The van der Waals surface area contributed by atoms with Gasteiger partial charge in [0.05, 0.1) is 0 Å². The summed E-state index contributed by atoms with van der Waals surface area (Å²) in [5.41, 5.74) is 1.26. The Hall–Kier alpha value is -1.51. The average molecular weight is 626 g/mol. The van der Waals surface area contributed by atoms with Crippen LogP contribution in [0.1, 0.15) is 16.1 Å². The quantitative estimate of drug-likeness (QED) is 0.207. The molecule has 18 heteroatoms. The Morgan fingerprint density at radius 1 is 1.05 bits per heavy atom. The van der Waals surface area contributed by atoms with Crippen LogP contribution >= 0.6 is 18.2 Å². The molecule has 4 aliphatic rings. The van der Waals surface area contributed by atoms with Crippen LogP contribution in [0.15, 0.2) is 42.5 Å². The van der Waals surface area contributed by atoms with Crippen molar-refractivity contribution in [2.24, 2.45) is 7.05 Å². The summed E-state index contributed by atoms with van der Waals surface area (Å²) in [5.74, 6) is 0.491. The maximum atomic E-state index is 14.4. The van der Waals surface area contributed by atoms with Gasteiger partial charge >= 0.3 is 215 Å². The van der Waals surface area contributed by atoms with Crippen molar-refractivity contribution in [1.29, 1.82) is 0 Å². The van der Waals surface area contributed by atoms with Crippen molar-refractivity contribution in [2.45, 2.75) is 53.2 Å². The van der Waals surface area contributed by atoms with Crippen LogP contribution < -0.4 is 5.32 Å². The van der Waals surface area contributed by atoms with Crippen LogP contribution in [-0.2, 0) is 45.4 Å². The second kappa shape index (κ2) is 12.4. The molecule has 1 amide bonds. The summed E-state index contributed by atoms with van der Waals surface area (Å²) >= 11 is 0.939. The number of aliphatic hydroxyl groups excluding tert-OH is 2. The molecule has 2 fully saturated rings. The number of aromatic nitrogens is 1. The number of amides is 1. The molecule has 0 bridgehead atoms. The summed E-state index contributed by atoms with van der Waals surface area (Å²) in [6, 6.07) is 12.4. The zero-order chi connectivity index (χ0) is 30.4. The number of methoxy groups -OCH3 is 2. The Morgan fingerprint density at radius 2 is 1.70 bits per heavy atom. The molecule has 0 aliphatic carbocycles. The van der Waals surface area contributed by atoms with Crippen molar-refractivity contribution < 1.29 is 47.6 Å². The second-order valence-corrected chi connectivity index (χ2v) is 14.9. The number of nitrogens with one attached hydrogen (secondary N) is 1. The molecule has 224 valence electrons. The number of carbonyl (C=O) groups excluding carboxylic acids is 1. The van der Waals surface area contributed by atoms with Gasteiger partial charge in [0.25, 0.3) is 0 Å². The number of hydrogen-bond donors (Lipinski definition) is 3. The molecular formula is C25H31B4N2O10PS. The molecule has 2 spiro atoms. The third-order valence-electron chi connectivity index (χ3n) is 8.16. The molecule has 3 N–H and O–H groups in total. The second-order valence-electron chi connectivity index (χ2n) is 10.8. The summed E-state index contributed by atoms with van der Waals surface area (Å²) in [5, 5.41) is 22.1. The number of hydrogen-bond acceptors (Lipinski definition) is 11. The Balaban J connectivity index is 1.18. The monoisotopic (exact) mass is 626 g/mol. The summed E-state index contributed by atoms with van der Waals surface area (Å²) in [6.07, 6.45) is -4.82. The molecule has 0 saturated carbocycles. The van der Waals surface area contributed by atoms with Crippen LogP contribution in [0.25, 0.3) is 0 Å². The van der Waals surface area contributed by atoms with Gasteiger partial charge in [-0.15, -0.1) is 0 Å². The maximum absolute atomic E-state index is 14.4. The van der Waals surface area contributed by atoms with Crippen LogP contribution in [0.2, 0.25) is 0 Å². The molecule has 4 aliphatic heterocycles. The molecule has 1 aromatic carbocycles. The van der Waals surface area contributed by atoms with Gasteiger partial charge in [-0.05, 0) is 12.1 Å². The van der Waals surface area contributed by atoms with Crippen LogP contribution in [0.4, 0.5) is 5.82 Å². The van der Waals surface area contributed by atoms with Crippen molar-refractivity contribution >= 4 is 57.1 Å². The fourth-order valence-corrected chi connectivity index (χ4v) is 9.02. The summed E-state index contributed by atoms with van der Waals surface area (Å²) in [4.78, 5) is 12.7. The van der Waals surface area contributed by atoms with E-state index in [1.165, 1.54) is 14.2 Å². The molecule has 12 nitrogen and oxygen atoms in total. The minimum atomic E-state index is -4.01. The third-order valence-corrected chi connectivity index (χ3v) is 11.8. The van der Waals surface area contributed by atoms with E-state index in [-0.39, 0.29) is 24.9 Å². The first-order chi connectivity index (χ1) is 20.7. The van der Waals surface area contributed by atoms with Crippen molar-refractivity contribution in [3.63, 3.8) is 0 Å². The summed E-state index contributed by atoms with van der Waals surface area (Å²) in [7, 11) is 4.77. The molecule has 7 atom stereocenters. The van der Waals surface area contributed by atoms with Gasteiger partial charge in [0, 0.05) is 5.56 Å². The van der Waals surface area contributed by atoms with Gasteiger partial charge in [0.15, 0.2) is 0 Å². The van der Waals surface area contributed by atoms with Crippen LogP contribution in [0.3, 0.4) is 0 Å². The molecule has 0 radical (unpaired) electrons. The predicted molar refractivity (Wildman–Crippen MR) is 162 cm³/mol. The Morgan fingerprint density at radius 3 is 2.30 bits per heavy atom. The van der Waals surface area contributed by atoms with E-state index in [4.69, 9.17) is 28.0 Å². The fourth-order valence-electron chi connectivity index (χ4n) is 5.61. The van der Waals surface area contributed by atoms with Gasteiger partial charge in [-0.3, -0.25) is 4.79 Å². The van der Waals surface area contributed by atoms with Gasteiger partial charge in [-0.25, -0.2) is 0 Å². The molecule has 5 heterocycles. The molecule has 6 rings (SSSR count). The zero-order valence-electron chi connectivity index (χ0n) is 23.9. The number of benzene rings is 1. The Labute approximate surface area is 255 Å². The van der Waals surface area contributed by atoms with Crippen LogP contribution in [0.5, 0.6) is 0 Å². The van der Waals surface area contributed by atoms with Gasteiger partial charge in [-0.2, -0.15) is 0 Å². The molecule has 2 saturated heterocycles. The average Bonchev–Trinajstić information content (AvgIpc) is 3.88.